The van der Waals surface area contributed by atoms with E-state index in [2.05, 4.69) is 15.5 Å². The molecule has 0 bridgehead atoms. The lowest BCUT2D eigenvalue weighted by molar-refractivity contribution is -0.115. The monoisotopic (exact) mass is 293 g/mol. The zero-order valence-corrected chi connectivity index (χ0v) is 12.1. The fourth-order valence-corrected chi connectivity index (χ4v) is 2.04. The van der Waals surface area contributed by atoms with Crippen LogP contribution in [0.25, 0.3) is 10.8 Å². The highest BCUT2D eigenvalue weighted by atomic mass is 16.5. The summed E-state index contributed by atoms with van der Waals surface area (Å²) in [5.74, 6) is 1.08. The first-order valence-electron chi connectivity index (χ1n) is 7.04. The van der Waals surface area contributed by atoms with Crippen LogP contribution in [0, 0.1) is 0 Å². The van der Waals surface area contributed by atoms with Crippen LogP contribution in [0.1, 0.15) is 13.3 Å². The van der Waals surface area contributed by atoms with Gasteiger partial charge < -0.3 is 10.1 Å². The first kappa shape index (κ1) is 14.0. The summed E-state index contributed by atoms with van der Waals surface area (Å²) >= 11 is 0. The van der Waals surface area contributed by atoms with Gasteiger partial charge in [-0.1, -0.05) is 25.1 Å². The number of carbonyl (C=O) groups excluding carboxylic acids is 1. The van der Waals surface area contributed by atoms with Gasteiger partial charge in [0.25, 0.3) is 0 Å². The summed E-state index contributed by atoms with van der Waals surface area (Å²) in [6.07, 6.45) is 2.15. The average Bonchev–Trinajstić information content (AvgIpc) is 2.57. The smallest absolute Gasteiger partial charge is 0.246 e. The van der Waals surface area contributed by atoms with E-state index < -0.39 is 0 Å². The van der Waals surface area contributed by atoms with Crippen LogP contribution in [-0.2, 0) is 4.79 Å². The van der Waals surface area contributed by atoms with E-state index in [1.54, 1.807) is 30.5 Å². The third-order valence-corrected chi connectivity index (χ3v) is 3.21. The molecule has 5 nitrogen and oxygen atoms in total. The Kier molecular flexibility index (Phi) is 3.96. The van der Waals surface area contributed by atoms with Crippen molar-refractivity contribution in [1.82, 2.24) is 10.2 Å². The Morgan fingerprint density at radius 2 is 1.91 bits per heavy atom. The maximum atomic E-state index is 11.3. The van der Waals surface area contributed by atoms with Gasteiger partial charge in [-0.15, -0.1) is 5.10 Å². The van der Waals surface area contributed by atoms with Gasteiger partial charge in [-0.25, -0.2) is 0 Å². The van der Waals surface area contributed by atoms with Crippen molar-refractivity contribution in [2.24, 2.45) is 0 Å². The van der Waals surface area contributed by atoms with Crippen LogP contribution < -0.4 is 10.1 Å². The Morgan fingerprint density at radius 3 is 2.68 bits per heavy atom. The summed E-state index contributed by atoms with van der Waals surface area (Å²) in [4.78, 5) is 11.3. The lowest BCUT2D eigenvalue weighted by atomic mass is 10.2. The molecular formula is C17H15N3O2. The zero-order valence-electron chi connectivity index (χ0n) is 12.1. The van der Waals surface area contributed by atoms with E-state index in [1.165, 1.54) is 0 Å². The van der Waals surface area contributed by atoms with Crippen LogP contribution in [0.3, 0.4) is 0 Å². The van der Waals surface area contributed by atoms with Crippen LogP contribution in [0.15, 0.2) is 54.7 Å². The molecule has 3 aromatic rings. The van der Waals surface area contributed by atoms with E-state index in [0.717, 1.165) is 16.5 Å². The third-order valence-electron chi connectivity index (χ3n) is 3.21. The highest BCUT2D eigenvalue weighted by Gasteiger charge is 2.06. The van der Waals surface area contributed by atoms with Crippen molar-refractivity contribution in [2.45, 2.75) is 13.3 Å². The van der Waals surface area contributed by atoms with Gasteiger partial charge in [0, 0.05) is 22.9 Å². The molecule has 0 aliphatic rings. The molecule has 0 spiro atoms. The fourth-order valence-electron chi connectivity index (χ4n) is 2.04. The van der Waals surface area contributed by atoms with Gasteiger partial charge in [0.05, 0.1) is 6.20 Å². The molecule has 0 atom stereocenters. The molecule has 0 aliphatic carbocycles. The van der Waals surface area contributed by atoms with Gasteiger partial charge in [-0.05, 0) is 30.3 Å². The van der Waals surface area contributed by atoms with Crippen LogP contribution in [0.5, 0.6) is 11.6 Å². The lowest BCUT2D eigenvalue weighted by Crippen LogP contribution is -2.09. The Bertz CT molecular complexity index is 795. The van der Waals surface area contributed by atoms with Crippen LogP contribution in [0.4, 0.5) is 5.69 Å². The van der Waals surface area contributed by atoms with Gasteiger partial charge in [0.1, 0.15) is 5.75 Å². The van der Waals surface area contributed by atoms with Gasteiger partial charge in [0.2, 0.25) is 11.8 Å². The molecule has 1 aromatic heterocycles. The number of nitrogens with zero attached hydrogens (tertiary/aromatic N) is 2. The van der Waals surface area contributed by atoms with Gasteiger partial charge in [0.15, 0.2) is 0 Å². The minimum atomic E-state index is -0.0198. The maximum absolute atomic E-state index is 11.3. The highest BCUT2D eigenvalue weighted by Crippen LogP contribution is 2.27. The van der Waals surface area contributed by atoms with Crippen molar-refractivity contribution in [3.8, 4) is 11.6 Å². The number of ether oxygens (including phenoxy) is 1. The molecule has 5 heteroatoms. The summed E-state index contributed by atoms with van der Waals surface area (Å²) < 4.78 is 5.79. The molecule has 1 amide bonds. The molecule has 3 rings (SSSR count). The normalized spacial score (nSPS) is 10.4. The van der Waals surface area contributed by atoms with E-state index in [1.807, 2.05) is 31.2 Å². The second kappa shape index (κ2) is 6.22. The summed E-state index contributed by atoms with van der Waals surface area (Å²) in [5.41, 5.74) is 0.739. The molecule has 110 valence electrons. The largest absolute Gasteiger partial charge is 0.437 e. The van der Waals surface area contributed by atoms with Gasteiger partial charge in [-0.2, -0.15) is 5.10 Å². The summed E-state index contributed by atoms with van der Waals surface area (Å²) in [5, 5.41) is 12.7. The molecule has 0 aliphatic heterocycles. The predicted molar refractivity (Wildman–Crippen MR) is 85.0 cm³/mol. The first-order valence-corrected chi connectivity index (χ1v) is 7.04. The fraction of sp³-hybridized carbons (Fsp3) is 0.118. The minimum Gasteiger partial charge on any atom is -0.437 e. The molecule has 0 fully saturated rings. The van der Waals surface area contributed by atoms with E-state index in [0.29, 0.717) is 18.1 Å². The van der Waals surface area contributed by atoms with E-state index >= 15 is 0 Å². The first-order chi connectivity index (χ1) is 10.8. The number of hydrogen-bond acceptors (Lipinski definition) is 4. The number of amides is 1. The minimum absolute atomic E-state index is 0.0198. The third kappa shape index (κ3) is 3.03. The molecule has 2 aromatic carbocycles. The number of fused-ring (bicyclic) bond motifs is 1. The van der Waals surface area contributed by atoms with Gasteiger partial charge >= 0.3 is 0 Å². The van der Waals surface area contributed by atoms with Crippen molar-refractivity contribution >= 4 is 22.4 Å². The molecule has 0 saturated heterocycles. The number of benzene rings is 2. The summed E-state index contributed by atoms with van der Waals surface area (Å²) in [7, 11) is 0. The molecule has 0 radical (unpaired) electrons. The number of carbonyl (C=O) groups is 1. The lowest BCUT2D eigenvalue weighted by Gasteiger charge is -2.08. The van der Waals surface area contributed by atoms with Crippen molar-refractivity contribution in [3.05, 3.63) is 54.7 Å². The van der Waals surface area contributed by atoms with E-state index in [4.69, 9.17) is 4.74 Å². The molecular weight excluding hydrogens is 278 g/mol. The SMILES string of the molecule is CCC(=O)Nc1ccc(Oc2nncc3ccccc23)cc1. The Balaban J connectivity index is 1.82. The van der Waals surface area contributed by atoms with Crippen molar-refractivity contribution in [3.63, 3.8) is 0 Å². The Labute approximate surface area is 127 Å². The van der Waals surface area contributed by atoms with Crippen LogP contribution in [-0.4, -0.2) is 16.1 Å². The molecule has 0 saturated carbocycles. The molecule has 0 unspecified atom stereocenters. The van der Waals surface area contributed by atoms with Crippen LogP contribution in [0.2, 0.25) is 0 Å². The van der Waals surface area contributed by atoms with Crippen molar-refractivity contribution in [1.29, 1.82) is 0 Å². The molecule has 1 N–H and O–H groups in total. The second-order valence-corrected chi connectivity index (χ2v) is 4.77. The van der Waals surface area contributed by atoms with Crippen molar-refractivity contribution in [2.75, 3.05) is 5.32 Å². The molecule has 22 heavy (non-hydrogen) atoms. The standard InChI is InChI=1S/C17H15N3O2/c1-2-16(21)19-13-7-9-14(10-8-13)22-17-15-6-4-3-5-12(15)11-18-20-17/h3-11H,2H2,1H3,(H,19,21). The van der Waals surface area contributed by atoms with Crippen LogP contribution >= 0.6 is 0 Å². The van der Waals surface area contributed by atoms with E-state index in [9.17, 15) is 4.79 Å². The topological polar surface area (TPSA) is 64.1 Å². The summed E-state index contributed by atoms with van der Waals surface area (Å²) in [6, 6.07) is 14.9. The Morgan fingerprint density at radius 1 is 1.14 bits per heavy atom. The highest BCUT2D eigenvalue weighted by molar-refractivity contribution is 5.90. The number of hydrogen-bond donors (Lipinski definition) is 1. The van der Waals surface area contributed by atoms with E-state index in [-0.39, 0.29) is 5.91 Å². The number of anilines is 1. The number of nitrogens with one attached hydrogen (secondary N) is 1. The zero-order chi connectivity index (χ0) is 15.4. The second-order valence-electron chi connectivity index (χ2n) is 4.77. The number of aromatic nitrogens is 2. The maximum Gasteiger partial charge on any atom is 0.246 e. The summed E-state index contributed by atoms with van der Waals surface area (Å²) in [6.45, 7) is 1.81. The number of rotatable bonds is 4. The predicted octanol–water partition coefficient (Wildman–Crippen LogP) is 3.77. The quantitative estimate of drug-likeness (QED) is 0.795. The average molecular weight is 293 g/mol. The van der Waals surface area contributed by atoms with Crippen molar-refractivity contribution < 1.29 is 9.53 Å². The Hall–Kier alpha value is -2.95. The van der Waals surface area contributed by atoms with Gasteiger partial charge in [-0.3, -0.25) is 4.79 Å². The molecule has 1 heterocycles.